The molecule has 4 nitrogen and oxygen atoms in total. The molecule has 2 atom stereocenters. The number of methoxy groups -OCH3 is 1. The molecule has 2 unspecified atom stereocenters. The number of amides is 1. The molecule has 14 heavy (non-hydrogen) atoms. The molecule has 84 valence electrons. The highest BCUT2D eigenvalue weighted by Crippen LogP contribution is 2.01. The summed E-state index contributed by atoms with van der Waals surface area (Å²) in [5.41, 5.74) is 0. The fourth-order valence-electron chi connectivity index (χ4n) is 1.11. The molecule has 0 aliphatic heterocycles. The standard InChI is InChI=1S/C10H21NO3/c1-4-9(12)6-11-10(13)5-8(2)7-14-3/h8-9,12H,4-7H2,1-3H3,(H,11,13). The van der Waals surface area contributed by atoms with Crippen molar-refractivity contribution in [3.8, 4) is 0 Å². The Morgan fingerprint density at radius 3 is 2.71 bits per heavy atom. The lowest BCUT2D eigenvalue weighted by atomic mass is 10.1. The summed E-state index contributed by atoms with van der Waals surface area (Å²) in [6, 6.07) is 0. The molecular weight excluding hydrogens is 182 g/mol. The second-order valence-corrected chi connectivity index (χ2v) is 3.63. The van der Waals surface area contributed by atoms with Crippen LogP contribution in [0.5, 0.6) is 0 Å². The minimum absolute atomic E-state index is 0.0259. The molecule has 0 rings (SSSR count). The van der Waals surface area contributed by atoms with Crippen LogP contribution in [-0.4, -0.2) is 37.4 Å². The summed E-state index contributed by atoms with van der Waals surface area (Å²) in [7, 11) is 1.62. The van der Waals surface area contributed by atoms with Crippen LogP contribution in [-0.2, 0) is 9.53 Å². The average molecular weight is 203 g/mol. The van der Waals surface area contributed by atoms with Gasteiger partial charge in [0.2, 0.25) is 5.91 Å². The van der Waals surface area contributed by atoms with Crippen LogP contribution in [0.3, 0.4) is 0 Å². The minimum Gasteiger partial charge on any atom is -0.391 e. The van der Waals surface area contributed by atoms with Crippen molar-refractivity contribution in [1.82, 2.24) is 5.32 Å². The molecule has 4 heteroatoms. The van der Waals surface area contributed by atoms with Crippen LogP contribution in [0, 0.1) is 5.92 Å². The topological polar surface area (TPSA) is 58.6 Å². The SMILES string of the molecule is CCC(O)CNC(=O)CC(C)COC. The van der Waals surface area contributed by atoms with E-state index in [0.29, 0.717) is 26.0 Å². The highest BCUT2D eigenvalue weighted by Gasteiger charge is 2.09. The van der Waals surface area contributed by atoms with Gasteiger partial charge >= 0.3 is 0 Å². The molecule has 0 saturated carbocycles. The lowest BCUT2D eigenvalue weighted by Gasteiger charge is -2.12. The maximum atomic E-state index is 11.3. The predicted molar refractivity (Wildman–Crippen MR) is 55.0 cm³/mol. The van der Waals surface area contributed by atoms with Gasteiger partial charge in [0, 0.05) is 26.7 Å². The van der Waals surface area contributed by atoms with E-state index in [1.54, 1.807) is 7.11 Å². The second kappa shape index (κ2) is 7.76. The number of aliphatic hydroxyl groups is 1. The third-order valence-electron chi connectivity index (χ3n) is 1.99. The molecule has 0 radical (unpaired) electrons. The first kappa shape index (κ1) is 13.4. The highest BCUT2D eigenvalue weighted by atomic mass is 16.5. The van der Waals surface area contributed by atoms with Gasteiger partial charge in [-0.15, -0.1) is 0 Å². The van der Waals surface area contributed by atoms with E-state index in [9.17, 15) is 9.90 Å². The summed E-state index contributed by atoms with van der Waals surface area (Å²) in [6.07, 6.45) is 0.676. The summed E-state index contributed by atoms with van der Waals surface area (Å²) in [6.45, 7) is 4.77. The monoisotopic (exact) mass is 203 g/mol. The van der Waals surface area contributed by atoms with E-state index in [0.717, 1.165) is 0 Å². The Kier molecular flexibility index (Phi) is 7.42. The molecule has 0 aromatic carbocycles. The summed E-state index contributed by atoms with van der Waals surface area (Å²) in [4.78, 5) is 11.3. The van der Waals surface area contributed by atoms with Gasteiger partial charge in [-0.1, -0.05) is 13.8 Å². The fourth-order valence-corrected chi connectivity index (χ4v) is 1.11. The quantitative estimate of drug-likeness (QED) is 0.635. The zero-order valence-electron chi connectivity index (χ0n) is 9.25. The summed E-state index contributed by atoms with van der Waals surface area (Å²) in [5.74, 6) is 0.195. The van der Waals surface area contributed by atoms with Crippen molar-refractivity contribution in [2.75, 3.05) is 20.3 Å². The van der Waals surface area contributed by atoms with Crippen LogP contribution in [0.4, 0.5) is 0 Å². The van der Waals surface area contributed by atoms with Gasteiger partial charge in [-0.3, -0.25) is 4.79 Å². The molecule has 0 bridgehead atoms. The fraction of sp³-hybridized carbons (Fsp3) is 0.900. The minimum atomic E-state index is -0.434. The van der Waals surface area contributed by atoms with Crippen molar-refractivity contribution in [3.05, 3.63) is 0 Å². The van der Waals surface area contributed by atoms with Crippen LogP contribution < -0.4 is 5.32 Å². The number of aliphatic hydroxyl groups excluding tert-OH is 1. The van der Waals surface area contributed by atoms with Gasteiger partial charge in [0.15, 0.2) is 0 Å². The zero-order valence-corrected chi connectivity index (χ0v) is 9.25. The van der Waals surface area contributed by atoms with Crippen molar-refractivity contribution in [2.24, 2.45) is 5.92 Å². The first-order valence-electron chi connectivity index (χ1n) is 5.03. The molecule has 0 aliphatic carbocycles. The number of nitrogens with one attached hydrogen (secondary N) is 1. The first-order valence-corrected chi connectivity index (χ1v) is 5.03. The Bertz CT molecular complexity index is 161. The van der Waals surface area contributed by atoms with Crippen LogP contribution >= 0.6 is 0 Å². The number of carbonyl (C=O) groups excluding carboxylic acids is 1. The van der Waals surface area contributed by atoms with Gasteiger partial charge in [0.1, 0.15) is 0 Å². The lowest BCUT2D eigenvalue weighted by Crippen LogP contribution is -2.32. The third-order valence-corrected chi connectivity index (χ3v) is 1.99. The first-order chi connectivity index (χ1) is 6.60. The lowest BCUT2D eigenvalue weighted by molar-refractivity contribution is -0.122. The molecule has 1 amide bonds. The van der Waals surface area contributed by atoms with Crippen molar-refractivity contribution in [1.29, 1.82) is 0 Å². The Labute approximate surface area is 85.6 Å². The number of carbonyl (C=O) groups is 1. The molecule has 0 spiro atoms. The van der Waals surface area contributed by atoms with Gasteiger partial charge in [-0.05, 0) is 12.3 Å². The summed E-state index contributed by atoms with van der Waals surface area (Å²) in [5, 5.41) is 11.9. The van der Waals surface area contributed by atoms with Crippen LogP contribution in [0.15, 0.2) is 0 Å². The average Bonchev–Trinajstić information content (AvgIpc) is 2.14. The van der Waals surface area contributed by atoms with Crippen molar-refractivity contribution in [3.63, 3.8) is 0 Å². The van der Waals surface area contributed by atoms with Crippen molar-refractivity contribution < 1.29 is 14.6 Å². The summed E-state index contributed by atoms with van der Waals surface area (Å²) >= 11 is 0. The van der Waals surface area contributed by atoms with E-state index in [4.69, 9.17) is 4.74 Å². The van der Waals surface area contributed by atoms with Crippen LogP contribution in [0.25, 0.3) is 0 Å². The molecule has 0 fully saturated rings. The molecule has 0 aromatic rings. The van der Waals surface area contributed by atoms with Crippen LogP contribution in [0.2, 0.25) is 0 Å². The Balaban J connectivity index is 3.54. The normalized spacial score (nSPS) is 14.9. The Morgan fingerprint density at radius 1 is 1.57 bits per heavy atom. The molecule has 0 saturated heterocycles. The maximum absolute atomic E-state index is 11.3. The molecule has 0 aromatic heterocycles. The molecule has 0 aliphatic rings. The van der Waals surface area contributed by atoms with Gasteiger partial charge in [0.05, 0.1) is 6.10 Å². The van der Waals surface area contributed by atoms with Gasteiger partial charge in [-0.25, -0.2) is 0 Å². The summed E-state index contributed by atoms with van der Waals surface area (Å²) < 4.78 is 4.92. The maximum Gasteiger partial charge on any atom is 0.220 e. The van der Waals surface area contributed by atoms with E-state index in [1.807, 2.05) is 13.8 Å². The van der Waals surface area contributed by atoms with Crippen molar-refractivity contribution in [2.45, 2.75) is 32.8 Å². The predicted octanol–water partition coefficient (Wildman–Crippen LogP) is 0.546. The molecule has 2 N–H and O–H groups in total. The van der Waals surface area contributed by atoms with Gasteiger partial charge < -0.3 is 15.2 Å². The van der Waals surface area contributed by atoms with E-state index in [2.05, 4.69) is 5.32 Å². The van der Waals surface area contributed by atoms with E-state index >= 15 is 0 Å². The van der Waals surface area contributed by atoms with Crippen LogP contribution in [0.1, 0.15) is 26.7 Å². The zero-order chi connectivity index (χ0) is 11.0. The number of ether oxygens (including phenoxy) is 1. The van der Waals surface area contributed by atoms with Crippen molar-refractivity contribution >= 4 is 5.91 Å². The highest BCUT2D eigenvalue weighted by molar-refractivity contribution is 5.76. The molecular formula is C10H21NO3. The van der Waals surface area contributed by atoms with E-state index in [1.165, 1.54) is 0 Å². The van der Waals surface area contributed by atoms with E-state index < -0.39 is 6.10 Å². The molecule has 0 heterocycles. The Hall–Kier alpha value is -0.610. The Morgan fingerprint density at radius 2 is 2.21 bits per heavy atom. The number of rotatable bonds is 7. The largest absolute Gasteiger partial charge is 0.391 e. The third kappa shape index (κ3) is 6.86. The number of hydrogen-bond donors (Lipinski definition) is 2. The van der Waals surface area contributed by atoms with E-state index in [-0.39, 0.29) is 11.8 Å². The van der Waals surface area contributed by atoms with Gasteiger partial charge in [0.25, 0.3) is 0 Å². The van der Waals surface area contributed by atoms with Gasteiger partial charge in [-0.2, -0.15) is 0 Å². The second-order valence-electron chi connectivity index (χ2n) is 3.63. The smallest absolute Gasteiger partial charge is 0.220 e. The number of hydrogen-bond acceptors (Lipinski definition) is 3.